The molecule has 0 radical (unpaired) electrons. The van der Waals surface area contributed by atoms with E-state index in [0.29, 0.717) is 19.1 Å². The molecule has 0 atom stereocenters. The van der Waals surface area contributed by atoms with Crippen LogP contribution in [0.3, 0.4) is 0 Å². The van der Waals surface area contributed by atoms with Crippen LogP contribution in [0.1, 0.15) is 38.5 Å². The summed E-state index contributed by atoms with van der Waals surface area (Å²) in [6.45, 7) is 6.20. The Hall–Kier alpha value is -0.260. The maximum Gasteiger partial charge on any atom is 0.251 e. The first-order valence-corrected chi connectivity index (χ1v) is 10.4. The highest BCUT2D eigenvalue weighted by atomic mass is 127. The van der Waals surface area contributed by atoms with Crippen molar-refractivity contribution in [1.29, 1.82) is 0 Å². The monoisotopic (exact) mass is 515 g/mol. The summed E-state index contributed by atoms with van der Waals surface area (Å²) in [5, 5.41) is 7.06. The summed E-state index contributed by atoms with van der Waals surface area (Å²) in [6.07, 6.45) is 4.19. The number of halogens is 3. The molecule has 3 fully saturated rings. The highest BCUT2D eigenvalue weighted by Crippen LogP contribution is 2.30. The van der Waals surface area contributed by atoms with E-state index in [-0.39, 0.29) is 36.1 Å². The van der Waals surface area contributed by atoms with Crippen molar-refractivity contribution in [2.45, 2.75) is 56.5 Å². The number of aliphatic imine (C=N–C) groups is 1. The highest BCUT2D eigenvalue weighted by Gasteiger charge is 2.39. The molecule has 0 aromatic rings. The summed E-state index contributed by atoms with van der Waals surface area (Å²) >= 11 is 0. The number of hydrogen-bond donors (Lipinski definition) is 2. The van der Waals surface area contributed by atoms with E-state index in [4.69, 9.17) is 4.74 Å². The highest BCUT2D eigenvalue weighted by molar-refractivity contribution is 14.0. The molecule has 0 amide bonds. The number of alkyl halides is 2. The molecule has 0 aliphatic carbocycles. The summed E-state index contributed by atoms with van der Waals surface area (Å²) in [4.78, 5) is 8.89. The van der Waals surface area contributed by atoms with Gasteiger partial charge in [-0.2, -0.15) is 0 Å². The van der Waals surface area contributed by atoms with Crippen LogP contribution in [0, 0.1) is 0 Å². The molecule has 9 heteroatoms. The van der Waals surface area contributed by atoms with Gasteiger partial charge in [-0.15, -0.1) is 24.0 Å². The minimum absolute atomic E-state index is 0. The molecule has 0 aromatic carbocycles. The van der Waals surface area contributed by atoms with Crippen LogP contribution in [0.15, 0.2) is 4.99 Å². The second kappa shape index (κ2) is 11.8. The molecule has 0 saturated carbocycles. The summed E-state index contributed by atoms with van der Waals surface area (Å²) in [6, 6.07) is 0.294. The van der Waals surface area contributed by atoms with Crippen molar-refractivity contribution in [3.8, 4) is 0 Å². The third kappa shape index (κ3) is 6.63. The Balaban J connectivity index is 0.00000280. The number of ether oxygens (including phenoxy) is 1. The zero-order valence-electron chi connectivity index (χ0n) is 17.0. The topological polar surface area (TPSA) is 52.1 Å². The second-order valence-electron chi connectivity index (χ2n) is 8.07. The number of guanidine groups is 1. The summed E-state index contributed by atoms with van der Waals surface area (Å²) in [7, 11) is 1.80. The van der Waals surface area contributed by atoms with E-state index >= 15 is 0 Å². The van der Waals surface area contributed by atoms with E-state index in [0.717, 1.165) is 51.4 Å². The molecule has 0 bridgehead atoms. The molecule has 3 aliphatic heterocycles. The fourth-order valence-electron chi connectivity index (χ4n) is 4.64. The van der Waals surface area contributed by atoms with Crippen molar-refractivity contribution in [3.63, 3.8) is 0 Å². The molecule has 2 N–H and O–H groups in total. The van der Waals surface area contributed by atoms with E-state index in [9.17, 15) is 8.78 Å². The lowest BCUT2D eigenvalue weighted by Gasteiger charge is -2.45. The predicted octanol–water partition coefficient (Wildman–Crippen LogP) is 2.14. The smallest absolute Gasteiger partial charge is 0.251 e. The van der Waals surface area contributed by atoms with E-state index in [1.54, 1.807) is 7.05 Å². The fourth-order valence-corrected chi connectivity index (χ4v) is 4.64. The molecule has 164 valence electrons. The van der Waals surface area contributed by atoms with E-state index in [1.165, 1.54) is 25.9 Å². The van der Waals surface area contributed by atoms with Crippen LogP contribution in [0.2, 0.25) is 0 Å². The van der Waals surface area contributed by atoms with E-state index in [2.05, 4.69) is 20.5 Å². The SMILES string of the molecule is CN=C(NCC1(N2CCCC2)CCOCC1)NC1CCN(CC(F)F)CC1.I. The largest absolute Gasteiger partial charge is 0.381 e. The second-order valence-corrected chi connectivity index (χ2v) is 8.07. The Morgan fingerprint density at radius 3 is 2.36 bits per heavy atom. The maximum atomic E-state index is 12.5. The zero-order chi connectivity index (χ0) is 19.1. The lowest BCUT2D eigenvalue weighted by atomic mass is 9.88. The van der Waals surface area contributed by atoms with Gasteiger partial charge in [0.05, 0.1) is 6.54 Å². The van der Waals surface area contributed by atoms with Gasteiger partial charge < -0.3 is 15.4 Å². The normalized spacial score (nSPS) is 24.9. The molecule has 0 spiro atoms. The van der Waals surface area contributed by atoms with E-state index in [1.807, 2.05) is 4.90 Å². The van der Waals surface area contributed by atoms with Gasteiger partial charge in [-0.3, -0.25) is 14.8 Å². The Morgan fingerprint density at radius 2 is 1.79 bits per heavy atom. The fraction of sp³-hybridized carbons (Fsp3) is 0.947. The molecule has 3 heterocycles. The summed E-state index contributed by atoms with van der Waals surface area (Å²) in [5.74, 6) is 0.826. The quantitative estimate of drug-likeness (QED) is 0.323. The molecular formula is C19H36F2IN5O. The van der Waals surface area contributed by atoms with Crippen LogP contribution in [-0.4, -0.2) is 93.3 Å². The van der Waals surface area contributed by atoms with Crippen molar-refractivity contribution in [1.82, 2.24) is 20.4 Å². The predicted molar refractivity (Wildman–Crippen MR) is 119 cm³/mol. The lowest BCUT2D eigenvalue weighted by Crippen LogP contribution is -2.59. The van der Waals surface area contributed by atoms with Crippen LogP contribution in [0.5, 0.6) is 0 Å². The molecule has 6 nitrogen and oxygen atoms in total. The number of nitrogens with zero attached hydrogens (tertiary/aromatic N) is 3. The van der Waals surface area contributed by atoms with Crippen LogP contribution in [0.4, 0.5) is 8.78 Å². The molecule has 0 aromatic heterocycles. The van der Waals surface area contributed by atoms with Gasteiger partial charge in [0, 0.05) is 51.5 Å². The van der Waals surface area contributed by atoms with Crippen molar-refractivity contribution >= 4 is 29.9 Å². The average molecular weight is 515 g/mol. The van der Waals surface area contributed by atoms with Crippen molar-refractivity contribution in [2.75, 3.05) is 59.5 Å². The zero-order valence-corrected chi connectivity index (χ0v) is 19.3. The Morgan fingerprint density at radius 1 is 1.14 bits per heavy atom. The van der Waals surface area contributed by atoms with E-state index < -0.39 is 6.43 Å². The molecule has 0 unspecified atom stereocenters. The molecule has 28 heavy (non-hydrogen) atoms. The molecular weight excluding hydrogens is 479 g/mol. The van der Waals surface area contributed by atoms with Crippen molar-refractivity contribution < 1.29 is 13.5 Å². The standard InChI is InChI=1S/C19H35F2N5O.HI/c1-22-18(24-16-4-10-25(11-5-16)14-17(20)21)23-15-19(6-12-27-13-7-19)26-8-2-3-9-26;/h16-17H,2-15H2,1H3,(H2,22,23,24);1H. The summed E-state index contributed by atoms with van der Waals surface area (Å²) < 4.78 is 30.7. The maximum absolute atomic E-state index is 12.5. The summed E-state index contributed by atoms with van der Waals surface area (Å²) in [5.41, 5.74) is 0.160. The number of likely N-dealkylation sites (tertiary alicyclic amines) is 2. The first-order valence-electron chi connectivity index (χ1n) is 10.4. The van der Waals surface area contributed by atoms with Crippen molar-refractivity contribution in [3.05, 3.63) is 0 Å². The number of nitrogens with one attached hydrogen (secondary N) is 2. The first-order chi connectivity index (χ1) is 13.1. The first kappa shape index (κ1) is 24.0. The van der Waals surface area contributed by atoms with Crippen LogP contribution in [-0.2, 0) is 4.74 Å². The van der Waals surface area contributed by atoms with Gasteiger partial charge >= 0.3 is 0 Å². The van der Waals surface area contributed by atoms with Crippen LogP contribution >= 0.6 is 24.0 Å². The average Bonchev–Trinajstić information content (AvgIpc) is 3.22. The van der Waals surface area contributed by atoms with Gasteiger partial charge in [-0.1, -0.05) is 0 Å². The van der Waals surface area contributed by atoms with Crippen molar-refractivity contribution in [2.24, 2.45) is 4.99 Å². The van der Waals surface area contributed by atoms with Gasteiger partial charge in [0.15, 0.2) is 5.96 Å². The lowest BCUT2D eigenvalue weighted by molar-refractivity contribution is -0.0164. The molecule has 3 saturated heterocycles. The number of hydrogen-bond acceptors (Lipinski definition) is 4. The van der Waals surface area contributed by atoms with Gasteiger partial charge in [-0.05, 0) is 51.6 Å². The van der Waals surface area contributed by atoms with Gasteiger partial charge in [0.1, 0.15) is 0 Å². The Labute approximate surface area is 184 Å². The third-order valence-electron chi connectivity index (χ3n) is 6.33. The number of piperidine rings is 1. The molecule has 3 aliphatic rings. The van der Waals surface area contributed by atoms with Gasteiger partial charge in [0.2, 0.25) is 0 Å². The van der Waals surface area contributed by atoms with Gasteiger partial charge in [-0.25, -0.2) is 8.78 Å². The van der Waals surface area contributed by atoms with Crippen LogP contribution in [0.25, 0.3) is 0 Å². The van der Waals surface area contributed by atoms with Gasteiger partial charge in [0.25, 0.3) is 6.43 Å². The van der Waals surface area contributed by atoms with Crippen LogP contribution < -0.4 is 10.6 Å². The molecule has 3 rings (SSSR count). The minimum atomic E-state index is -2.25. The minimum Gasteiger partial charge on any atom is -0.381 e. The Bertz CT molecular complexity index is 477. The number of rotatable bonds is 6. The third-order valence-corrected chi connectivity index (χ3v) is 6.33. The Kier molecular flexibility index (Phi) is 10.1.